The lowest BCUT2D eigenvalue weighted by atomic mass is 9.99. The molecule has 140 valence electrons. The number of carbonyl (C=O) groups is 1. The van der Waals surface area contributed by atoms with Crippen LogP contribution in [0.15, 0.2) is 18.2 Å². The van der Waals surface area contributed by atoms with Gasteiger partial charge in [-0.15, -0.1) is 0 Å². The highest BCUT2D eigenvalue weighted by atomic mass is 16.5. The first-order chi connectivity index (χ1) is 11.7. The zero-order valence-electron chi connectivity index (χ0n) is 16.2. The standard InChI is InChI=1S/C19H31N3O3/c1-13-10-22(14(2)12-23)19(24)16-9-15(21(5)6)7-8-17(16)25-18(13)11-20(3)4/h7-9,13-14,18,23H,10-12H2,1-6H3/t13-,14-,18-/m1/s1. The summed E-state index contributed by atoms with van der Waals surface area (Å²) < 4.78 is 6.26. The number of ether oxygens (including phenoxy) is 1. The summed E-state index contributed by atoms with van der Waals surface area (Å²) in [5, 5.41) is 9.61. The van der Waals surface area contributed by atoms with Crippen LogP contribution in [0.4, 0.5) is 5.69 Å². The molecule has 0 radical (unpaired) electrons. The monoisotopic (exact) mass is 349 g/mol. The lowest BCUT2D eigenvalue weighted by Crippen LogP contribution is -2.49. The van der Waals surface area contributed by atoms with E-state index in [1.807, 2.05) is 58.2 Å². The van der Waals surface area contributed by atoms with Crippen molar-refractivity contribution in [3.8, 4) is 5.75 Å². The normalized spacial score (nSPS) is 22.1. The van der Waals surface area contributed by atoms with E-state index in [0.29, 0.717) is 17.9 Å². The first-order valence-corrected chi connectivity index (χ1v) is 8.79. The smallest absolute Gasteiger partial charge is 0.258 e. The Morgan fingerprint density at radius 3 is 2.56 bits per heavy atom. The fourth-order valence-corrected chi connectivity index (χ4v) is 3.07. The summed E-state index contributed by atoms with van der Waals surface area (Å²) in [5.74, 6) is 0.682. The van der Waals surface area contributed by atoms with Gasteiger partial charge in [-0.05, 0) is 39.2 Å². The van der Waals surface area contributed by atoms with Gasteiger partial charge in [0, 0.05) is 38.8 Å². The molecule has 1 N–H and O–H groups in total. The van der Waals surface area contributed by atoms with Crippen LogP contribution < -0.4 is 9.64 Å². The van der Waals surface area contributed by atoms with E-state index in [0.717, 1.165) is 12.2 Å². The molecule has 2 rings (SSSR count). The molecule has 0 bridgehead atoms. The van der Waals surface area contributed by atoms with Crippen molar-refractivity contribution in [2.75, 3.05) is 52.8 Å². The number of rotatable bonds is 5. The number of carbonyl (C=O) groups excluding carboxylic acids is 1. The second-order valence-corrected chi connectivity index (χ2v) is 7.46. The van der Waals surface area contributed by atoms with Gasteiger partial charge in [-0.3, -0.25) is 4.79 Å². The predicted octanol–water partition coefficient (Wildman–Crippen LogP) is 1.53. The highest BCUT2D eigenvalue weighted by Crippen LogP contribution is 2.31. The molecule has 1 aromatic rings. The van der Waals surface area contributed by atoms with E-state index in [1.165, 1.54) is 0 Å². The molecular formula is C19H31N3O3. The van der Waals surface area contributed by atoms with E-state index in [1.54, 1.807) is 4.90 Å². The quantitative estimate of drug-likeness (QED) is 0.874. The van der Waals surface area contributed by atoms with Gasteiger partial charge in [-0.1, -0.05) is 6.92 Å². The Bertz CT molecular complexity index is 604. The van der Waals surface area contributed by atoms with Crippen molar-refractivity contribution in [2.24, 2.45) is 5.92 Å². The average Bonchev–Trinajstić information content (AvgIpc) is 2.56. The van der Waals surface area contributed by atoms with Gasteiger partial charge in [0.15, 0.2) is 0 Å². The highest BCUT2D eigenvalue weighted by molar-refractivity contribution is 5.98. The number of hydrogen-bond acceptors (Lipinski definition) is 5. The molecule has 3 atom stereocenters. The SMILES string of the molecule is C[C@@H]1CN([C@H](C)CO)C(=O)c2cc(N(C)C)ccc2O[C@@H]1CN(C)C. The van der Waals surface area contributed by atoms with E-state index >= 15 is 0 Å². The molecule has 6 nitrogen and oxygen atoms in total. The summed E-state index contributed by atoms with van der Waals surface area (Å²) in [7, 11) is 7.93. The fraction of sp³-hybridized carbons (Fsp3) is 0.632. The Morgan fingerprint density at radius 2 is 2.00 bits per heavy atom. The molecule has 6 heteroatoms. The molecule has 0 aliphatic carbocycles. The van der Waals surface area contributed by atoms with Crippen LogP contribution in [0.1, 0.15) is 24.2 Å². The van der Waals surface area contributed by atoms with E-state index in [9.17, 15) is 9.90 Å². The number of hydrogen-bond donors (Lipinski definition) is 1. The molecular weight excluding hydrogens is 318 g/mol. The number of fused-ring (bicyclic) bond motifs is 1. The maximum absolute atomic E-state index is 13.1. The van der Waals surface area contributed by atoms with Crippen LogP contribution in [0.3, 0.4) is 0 Å². The van der Waals surface area contributed by atoms with Crippen molar-refractivity contribution in [3.63, 3.8) is 0 Å². The Hall–Kier alpha value is -1.79. The first-order valence-electron chi connectivity index (χ1n) is 8.79. The molecule has 0 fully saturated rings. The largest absolute Gasteiger partial charge is 0.488 e. The van der Waals surface area contributed by atoms with Crippen LogP contribution in [-0.2, 0) is 0 Å². The second kappa shape index (κ2) is 8.06. The molecule has 1 aliphatic heterocycles. The van der Waals surface area contributed by atoms with E-state index in [4.69, 9.17) is 4.74 Å². The molecule has 0 spiro atoms. The van der Waals surface area contributed by atoms with Crippen molar-refractivity contribution in [1.82, 2.24) is 9.80 Å². The van der Waals surface area contributed by atoms with Crippen molar-refractivity contribution in [2.45, 2.75) is 26.0 Å². The van der Waals surface area contributed by atoms with Crippen LogP contribution in [0.2, 0.25) is 0 Å². The summed E-state index contributed by atoms with van der Waals surface area (Å²) >= 11 is 0. The van der Waals surface area contributed by atoms with Crippen LogP contribution in [0.5, 0.6) is 5.75 Å². The van der Waals surface area contributed by atoms with Crippen LogP contribution in [-0.4, -0.2) is 80.8 Å². The zero-order chi connectivity index (χ0) is 18.7. The number of anilines is 1. The summed E-state index contributed by atoms with van der Waals surface area (Å²) in [5.41, 5.74) is 1.51. The molecule has 1 amide bonds. The van der Waals surface area contributed by atoms with Gasteiger partial charge in [0.1, 0.15) is 11.9 Å². The topological polar surface area (TPSA) is 56.3 Å². The first kappa shape index (κ1) is 19.5. The number of nitrogens with zero attached hydrogens (tertiary/aromatic N) is 3. The highest BCUT2D eigenvalue weighted by Gasteiger charge is 2.33. The summed E-state index contributed by atoms with van der Waals surface area (Å²) in [6, 6.07) is 5.48. The third-order valence-corrected chi connectivity index (χ3v) is 4.71. The predicted molar refractivity (Wildman–Crippen MR) is 100 cm³/mol. The van der Waals surface area contributed by atoms with Gasteiger partial charge in [-0.2, -0.15) is 0 Å². The molecule has 0 aromatic heterocycles. The molecule has 0 saturated carbocycles. The van der Waals surface area contributed by atoms with Gasteiger partial charge in [0.25, 0.3) is 5.91 Å². The summed E-state index contributed by atoms with van der Waals surface area (Å²) in [6.45, 7) is 5.25. The maximum Gasteiger partial charge on any atom is 0.258 e. The van der Waals surface area contributed by atoms with Gasteiger partial charge < -0.3 is 24.5 Å². The lowest BCUT2D eigenvalue weighted by molar-refractivity contribution is 0.0363. The molecule has 0 saturated heterocycles. The van der Waals surface area contributed by atoms with Gasteiger partial charge >= 0.3 is 0 Å². The minimum Gasteiger partial charge on any atom is -0.488 e. The average molecular weight is 349 g/mol. The van der Waals surface area contributed by atoms with Crippen molar-refractivity contribution in [3.05, 3.63) is 23.8 Å². The van der Waals surface area contributed by atoms with Crippen LogP contribution in [0.25, 0.3) is 0 Å². The number of aliphatic hydroxyl groups excluding tert-OH is 1. The Balaban J connectivity index is 2.50. The number of amides is 1. The molecule has 1 aromatic carbocycles. The maximum atomic E-state index is 13.1. The molecule has 1 heterocycles. The van der Waals surface area contributed by atoms with E-state index in [2.05, 4.69) is 11.8 Å². The zero-order valence-corrected chi connectivity index (χ0v) is 16.2. The van der Waals surface area contributed by atoms with Crippen molar-refractivity contribution in [1.29, 1.82) is 0 Å². The van der Waals surface area contributed by atoms with Crippen molar-refractivity contribution >= 4 is 11.6 Å². The Morgan fingerprint density at radius 1 is 1.32 bits per heavy atom. The number of likely N-dealkylation sites (N-methyl/N-ethyl adjacent to an activating group) is 1. The van der Waals surface area contributed by atoms with Crippen LogP contribution >= 0.6 is 0 Å². The number of benzene rings is 1. The minimum atomic E-state index is -0.232. The van der Waals surface area contributed by atoms with Crippen LogP contribution in [0, 0.1) is 5.92 Å². The van der Waals surface area contributed by atoms with Gasteiger partial charge in [-0.25, -0.2) is 0 Å². The van der Waals surface area contributed by atoms with Crippen molar-refractivity contribution < 1.29 is 14.6 Å². The Labute approximate surface area is 151 Å². The van der Waals surface area contributed by atoms with Gasteiger partial charge in [0.05, 0.1) is 18.2 Å². The van der Waals surface area contributed by atoms with E-state index in [-0.39, 0.29) is 30.6 Å². The number of aliphatic hydroxyl groups is 1. The summed E-state index contributed by atoms with van der Waals surface area (Å²) in [4.78, 5) is 19.0. The van der Waals surface area contributed by atoms with Gasteiger partial charge in [0.2, 0.25) is 0 Å². The second-order valence-electron chi connectivity index (χ2n) is 7.46. The van der Waals surface area contributed by atoms with E-state index < -0.39 is 0 Å². The summed E-state index contributed by atoms with van der Waals surface area (Å²) in [6.07, 6.45) is -0.0274. The molecule has 0 unspecified atom stereocenters. The Kier molecular flexibility index (Phi) is 6.30. The third-order valence-electron chi connectivity index (χ3n) is 4.71. The minimum absolute atomic E-state index is 0.0274. The molecule has 1 aliphatic rings. The fourth-order valence-electron chi connectivity index (χ4n) is 3.07. The lowest BCUT2D eigenvalue weighted by Gasteiger charge is -2.38. The molecule has 25 heavy (non-hydrogen) atoms. The third kappa shape index (κ3) is 4.44.